The van der Waals surface area contributed by atoms with Crippen LogP contribution < -0.4 is 11.1 Å². The molecule has 0 aliphatic carbocycles. The summed E-state index contributed by atoms with van der Waals surface area (Å²) in [4.78, 5) is 13.7. The second-order valence-electron chi connectivity index (χ2n) is 7.05. The molecule has 5 rings (SSSR count). The van der Waals surface area contributed by atoms with E-state index in [9.17, 15) is 0 Å². The molecule has 4 aromatic heterocycles. The van der Waals surface area contributed by atoms with Crippen LogP contribution in [0.3, 0.4) is 0 Å². The van der Waals surface area contributed by atoms with Crippen LogP contribution in [-0.2, 0) is 16.1 Å². The van der Waals surface area contributed by atoms with E-state index >= 15 is 0 Å². The van der Waals surface area contributed by atoms with E-state index in [-0.39, 0.29) is 6.10 Å². The van der Waals surface area contributed by atoms with E-state index in [1.54, 1.807) is 4.52 Å². The van der Waals surface area contributed by atoms with Crippen LogP contribution in [0.15, 0.2) is 40.9 Å². The summed E-state index contributed by atoms with van der Waals surface area (Å²) < 4.78 is 18.5. The Hall–Kier alpha value is -3.50. The zero-order valence-electron chi connectivity index (χ0n) is 16.4. The Morgan fingerprint density at radius 1 is 1.23 bits per heavy atom. The molecular weight excluding hydrogens is 386 g/mol. The molecule has 3 N–H and O–H groups in total. The van der Waals surface area contributed by atoms with Gasteiger partial charge in [0.1, 0.15) is 11.6 Å². The predicted molar refractivity (Wildman–Crippen MR) is 109 cm³/mol. The van der Waals surface area contributed by atoms with E-state index in [1.807, 2.05) is 37.3 Å². The lowest BCUT2D eigenvalue weighted by atomic mass is 10.3. The maximum absolute atomic E-state index is 6.04. The van der Waals surface area contributed by atoms with Gasteiger partial charge in [0.2, 0.25) is 11.8 Å². The van der Waals surface area contributed by atoms with Crippen molar-refractivity contribution in [2.24, 2.45) is 0 Å². The van der Waals surface area contributed by atoms with E-state index in [4.69, 9.17) is 19.6 Å². The van der Waals surface area contributed by atoms with Crippen molar-refractivity contribution in [3.05, 3.63) is 48.0 Å². The highest BCUT2D eigenvalue weighted by Gasteiger charge is 2.17. The third-order valence-corrected chi connectivity index (χ3v) is 4.76. The highest BCUT2D eigenvalue weighted by molar-refractivity contribution is 5.69. The molecule has 5 heterocycles. The average molecular weight is 407 g/mol. The zero-order valence-corrected chi connectivity index (χ0v) is 16.4. The lowest BCUT2D eigenvalue weighted by Crippen LogP contribution is -2.12. The first-order valence-corrected chi connectivity index (χ1v) is 9.66. The number of rotatable bonds is 6. The third kappa shape index (κ3) is 3.70. The van der Waals surface area contributed by atoms with Crippen molar-refractivity contribution < 1.29 is 13.9 Å². The second kappa shape index (κ2) is 7.73. The number of nitrogens with two attached hydrogens (primary N) is 1. The summed E-state index contributed by atoms with van der Waals surface area (Å²) in [7, 11) is 0. The number of nitrogens with one attached hydrogen (secondary N) is 1. The van der Waals surface area contributed by atoms with Crippen molar-refractivity contribution in [2.45, 2.75) is 26.1 Å². The van der Waals surface area contributed by atoms with Gasteiger partial charge in [-0.15, -0.1) is 0 Å². The Labute approximate surface area is 172 Å². The third-order valence-electron chi connectivity index (χ3n) is 4.76. The number of aromatic nitrogens is 5. The first-order valence-electron chi connectivity index (χ1n) is 9.66. The van der Waals surface area contributed by atoms with E-state index < -0.39 is 0 Å². The number of nitrogens with zero attached hydrogens (tertiary/aromatic N) is 5. The molecule has 10 nitrogen and oxygen atoms in total. The summed E-state index contributed by atoms with van der Waals surface area (Å²) in [5, 5.41) is 7.41. The van der Waals surface area contributed by atoms with E-state index in [1.165, 1.54) is 6.20 Å². The number of fused-ring (bicyclic) bond motifs is 1. The van der Waals surface area contributed by atoms with Gasteiger partial charge in [0.05, 0.1) is 36.9 Å². The second-order valence-corrected chi connectivity index (χ2v) is 7.05. The van der Waals surface area contributed by atoms with Crippen LogP contribution in [0.25, 0.3) is 17.2 Å². The van der Waals surface area contributed by atoms with Crippen LogP contribution in [-0.4, -0.2) is 43.9 Å². The van der Waals surface area contributed by atoms with E-state index in [2.05, 4.69) is 25.4 Å². The number of nitrogen functional groups attached to an aromatic ring is 1. The first-order chi connectivity index (χ1) is 14.7. The van der Waals surface area contributed by atoms with Crippen LogP contribution in [0.5, 0.6) is 0 Å². The average Bonchev–Trinajstić information content (AvgIpc) is 3.49. The number of pyridine rings is 1. The smallest absolute Gasteiger partial charge is 0.232 e. The van der Waals surface area contributed by atoms with Crippen molar-refractivity contribution in [3.63, 3.8) is 0 Å². The maximum atomic E-state index is 6.04. The van der Waals surface area contributed by atoms with E-state index in [0.29, 0.717) is 47.9 Å². The molecule has 0 bridgehead atoms. The highest BCUT2D eigenvalue weighted by atomic mass is 16.5. The molecule has 1 fully saturated rings. The highest BCUT2D eigenvalue weighted by Crippen LogP contribution is 2.25. The molecule has 1 aliphatic heterocycles. The van der Waals surface area contributed by atoms with Crippen molar-refractivity contribution in [3.8, 4) is 11.6 Å². The van der Waals surface area contributed by atoms with Crippen molar-refractivity contribution in [1.29, 1.82) is 0 Å². The normalized spacial score (nSPS) is 16.4. The lowest BCUT2D eigenvalue weighted by Gasteiger charge is -2.11. The molecule has 0 amide bonds. The molecule has 30 heavy (non-hydrogen) atoms. The van der Waals surface area contributed by atoms with Crippen molar-refractivity contribution in [2.75, 3.05) is 24.3 Å². The maximum Gasteiger partial charge on any atom is 0.232 e. The zero-order chi connectivity index (χ0) is 20.5. The van der Waals surface area contributed by atoms with Crippen LogP contribution >= 0.6 is 0 Å². The number of hydrogen-bond acceptors (Lipinski definition) is 9. The van der Waals surface area contributed by atoms with Crippen LogP contribution in [0, 0.1) is 6.92 Å². The van der Waals surface area contributed by atoms with Crippen LogP contribution in [0.2, 0.25) is 0 Å². The molecule has 154 valence electrons. The Balaban J connectivity index is 1.42. The van der Waals surface area contributed by atoms with Gasteiger partial charge in [0.15, 0.2) is 11.4 Å². The molecule has 4 aromatic rings. The molecule has 0 aromatic carbocycles. The topological polar surface area (TPSA) is 126 Å². The monoisotopic (exact) mass is 407 g/mol. The Kier molecular flexibility index (Phi) is 4.77. The molecule has 1 atom stereocenters. The van der Waals surface area contributed by atoms with Gasteiger partial charge in [-0.05, 0) is 37.6 Å². The van der Waals surface area contributed by atoms with Crippen LogP contribution in [0.4, 0.5) is 17.5 Å². The molecule has 0 radical (unpaired) electrons. The number of aryl methyl sites for hydroxylation is 1. The minimum atomic E-state index is 0.123. The summed E-state index contributed by atoms with van der Waals surface area (Å²) in [6.07, 6.45) is 2.57. The fraction of sp³-hybridized carbons (Fsp3) is 0.300. The van der Waals surface area contributed by atoms with Gasteiger partial charge in [-0.25, -0.2) is 4.98 Å². The number of anilines is 3. The van der Waals surface area contributed by atoms with Gasteiger partial charge < -0.3 is 24.9 Å². The number of ether oxygens (including phenoxy) is 2. The van der Waals surface area contributed by atoms with Crippen molar-refractivity contribution in [1.82, 2.24) is 24.6 Å². The van der Waals surface area contributed by atoms with Gasteiger partial charge in [-0.1, -0.05) is 6.07 Å². The summed E-state index contributed by atoms with van der Waals surface area (Å²) in [5.74, 6) is 2.78. The lowest BCUT2D eigenvalue weighted by molar-refractivity contribution is 0.0302. The minimum Gasteiger partial charge on any atom is -0.458 e. The molecule has 0 saturated carbocycles. The number of furan rings is 1. The fourth-order valence-corrected chi connectivity index (χ4v) is 3.26. The molecular formula is C20H21N7O3. The largest absolute Gasteiger partial charge is 0.458 e. The summed E-state index contributed by atoms with van der Waals surface area (Å²) in [5.41, 5.74) is 7.77. The first kappa shape index (κ1) is 18.5. The SMILES string of the molecule is Cc1ccc(-c2nc(Nc3cccc(CO[C@H]4CCOC4)n3)nc3c(N)cnn23)o1. The summed E-state index contributed by atoms with van der Waals surface area (Å²) >= 11 is 0. The Morgan fingerprint density at radius 3 is 2.97 bits per heavy atom. The standard InChI is InChI=1S/C20H21N7O3/c1-12-5-6-16(30-12)19-26-20(25-18-15(21)9-22-27(18)19)24-17-4-2-3-13(23-17)10-29-14-7-8-28-11-14/h2-6,9,14H,7-8,10-11,21H2,1H3,(H,23,24,25)/t14-/m0/s1. The molecule has 1 aliphatic rings. The quantitative estimate of drug-likeness (QED) is 0.496. The van der Waals surface area contributed by atoms with Gasteiger partial charge in [0, 0.05) is 6.61 Å². The Bertz CT molecular complexity index is 1180. The van der Waals surface area contributed by atoms with Gasteiger partial charge in [0.25, 0.3) is 0 Å². The van der Waals surface area contributed by atoms with Crippen LogP contribution in [0.1, 0.15) is 17.9 Å². The summed E-state index contributed by atoms with van der Waals surface area (Å²) in [6.45, 7) is 3.66. The molecule has 0 spiro atoms. The predicted octanol–water partition coefficient (Wildman–Crippen LogP) is 2.72. The number of hydrogen-bond donors (Lipinski definition) is 2. The van der Waals surface area contributed by atoms with Gasteiger partial charge in [-0.3, -0.25) is 0 Å². The minimum absolute atomic E-state index is 0.123. The molecule has 1 saturated heterocycles. The molecule has 10 heteroatoms. The Morgan fingerprint density at radius 2 is 2.17 bits per heavy atom. The van der Waals surface area contributed by atoms with Gasteiger partial charge >= 0.3 is 0 Å². The van der Waals surface area contributed by atoms with Crippen molar-refractivity contribution >= 4 is 23.1 Å². The summed E-state index contributed by atoms with van der Waals surface area (Å²) in [6, 6.07) is 9.36. The fourth-order valence-electron chi connectivity index (χ4n) is 3.26. The van der Waals surface area contributed by atoms with Gasteiger partial charge in [-0.2, -0.15) is 19.6 Å². The molecule has 0 unspecified atom stereocenters. The van der Waals surface area contributed by atoms with E-state index in [0.717, 1.165) is 24.5 Å².